The fraction of sp³-hybridized carbons (Fsp3) is 0.455. The molecule has 1 unspecified atom stereocenters. The molecule has 4 nitrogen and oxygen atoms in total. The number of aromatic nitrogens is 1. The standard InChI is InChI=1S/C11H16N2O2/c1-2-10(14)8-13-11(15)7-9-3-5-12-6-4-9/h3-6,10,14H,2,7-8H2,1H3,(H,13,15). The van der Waals surface area contributed by atoms with Crippen LogP contribution in [0.4, 0.5) is 0 Å². The van der Waals surface area contributed by atoms with Crippen molar-refractivity contribution >= 4 is 5.91 Å². The summed E-state index contributed by atoms with van der Waals surface area (Å²) in [7, 11) is 0. The molecule has 0 aliphatic rings. The topological polar surface area (TPSA) is 62.2 Å². The first kappa shape index (κ1) is 11.7. The van der Waals surface area contributed by atoms with E-state index in [-0.39, 0.29) is 5.91 Å². The van der Waals surface area contributed by atoms with Gasteiger partial charge in [-0.05, 0) is 24.1 Å². The zero-order valence-electron chi connectivity index (χ0n) is 8.81. The van der Waals surface area contributed by atoms with Crippen LogP contribution in [0, 0.1) is 0 Å². The molecule has 0 aliphatic heterocycles. The van der Waals surface area contributed by atoms with Crippen molar-refractivity contribution in [2.45, 2.75) is 25.9 Å². The average molecular weight is 208 g/mol. The maximum atomic E-state index is 11.4. The van der Waals surface area contributed by atoms with Crippen LogP contribution in [0.15, 0.2) is 24.5 Å². The number of nitrogens with zero attached hydrogens (tertiary/aromatic N) is 1. The first-order valence-corrected chi connectivity index (χ1v) is 5.06. The molecule has 4 heteroatoms. The van der Waals surface area contributed by atoms with Gasteiger partial charge in [-0.25, -0.2) is 0 Å². The smallest absolute Gasteiger partial charge is 0.224 e. The second-order valence-corrected chi connectivity index (χ2v) is 3.40. The number of rotatable bonds is 5. The highest BCUT2D eigenvalue weighted by atomic mass is 16.3. The van der Waals surface area contributed by atoms with Crippen LogP contribution < -0.4 is 5.32 Å². The third kappa shape index (κ3) is 4.56. The van der Waals surface area contributed by atoms with Gasteiger partial charge in [-0.3, -0.25) is 9.78 Å². The Morgan fingerprint density at radius 1 is 1.53 bits per heavy atom. The van der Waals surface area contributed by atoms with E-state index in [1.165, 1.54) is 0 Å². The van der Waals surface area contributed by atoms with Crippen LogP contribution in [0.3, 0.4) is 0 Å². The molecule has 15 heavy (non-hydrogen) atoms. The minimum atomic E-state index is -0.452. The van der Waals surface area contributed by atoms with Gasteiger partial charge in [0.15, 0.2) is 0 Å². The molecule has 1 heterocycles. The summed E-state index contributed by atoms with van der Waals surface area (Å²) in [5.74, 6) is -0.0753. The van der Waals surface area contributed by atoms with Gasteiger partial charge >= 0.3 is 0 Å². The van der Waals surface area contributed by atoms with Gasteiger partial charge in [-0.1, -0.05) is 6.92 Å². The summed E-state index contributed by atoms with van der Waals surface area (Å²) in [4.78, 5) is 15.3. The van der Waals surface area contributed by atoms with E-state index in [4.69, 9.17) is 0 Å². The molecular formula is C11H16N2O2. The number of carbonyl (C=O) groups excluding carboxylic acids is 1. The molecule has 0 saturated carbocycles. The van der Waals surface area contributed by atoms with Crippen molar-refractivity contribution in [3.8, 4) is 0 Å². The molecule has 1 aromatic heterocycles. The number of pyridine rings is 1. The molecule has 1 rings (SSSR count). The average Bonchev–Trinajstić information content (AvgIpc) is 2.27. The molecular weight excluding hydrogens is 192 g/mol. The van der Waals surface area contributed by atoms with Crippen molar-refractivity contribution in [1.29, 1.82) is 0 Å². The van der Waals surface area contributed by atoms with Gasteiger partial charge in [0, 0.05) is 18.9 Å². The zero-order valence-corrected chi connectivity index (χ0v) is 8.81. The Hall–Kier alpha value is -1.42. The minimum absolute atomic E-state index is 0.0753. The predicted octanol–water partition coefficient (Wildman–Crippen LogP) is 0.511. The van der Waals surface area contributed by atoms with Crippen molar-refractivity contribution in [1.82, 2.24) is 10.3 Å². The maximum absolute atomic E-state index is 11.4. The summed E-state index contributed by atoms with van der Waals surface area (Å²) in [6.07, 6.45) is 3.84. The maximum Gasteiger partial charge on any atom is 0.224 e. The Balaban J connectivity index is 2.31. The lowest BCUT2D eigenvalue weighted by atomic mass is 10.2. The van der Waals surface area contributed by atoms with Gasteiger partial charge in [0.05, 0.1) is 12.5 Å². The van der Waals surface area contributed by atoms with Gasteiger partial charge in [-0.2, -0.15) is 0 Å². The quantitative estimate of drug-likeness (QED) is 0.741. The number of aliphatic hydroxyl groups is 1. The summed E-state index contributed by atoms with van der Waals surface area (Å²) >= 11 is 0. The van der Waals surface area contributed by atoms with E-state index in [1.807, 2.05) is 6.92 Å². The third-order valence-corrected chi connectivity index (χ3v) is 2.12. The lowest BCUT2D eigenvalue weighted by molar-refractivity contribution is -0.120. The van der Waals surface area contributed by atoms with Crippen molar-refractivity contribution in [3.05, 3.63) is 30.1 Å². The molecule has 1 atom stereocenters. The molecule has 0 aliphatic carbocycles. The molecule has 1 aromatic rings. The second kappa shape index (κ2) is 6.14. The van der Waals surface area contributed by atoms with E-state index in [0.717, 1.165) is 5.56 Å². The van der Waals surface area contributed by atoms with Crippen LogP contribution in [0.1, 0.15) is 18.9 Å². The summed E-state index contributed by atoms with van der Waals surface area (Å²) < 4.78 is 0. The van der Waals surface area contributed by atoms with Crippen molar-refractivity contribution in [3.63, 3.8) is 0 Å². The van der Waals surface area contributed by atoms with E-state index in [1.54, 1.807) is 24.5 Å². The molecule has 0 spiro atoms. The van der Waals surface area contributed by atoms with E-state index < -0.39 is 6.10 Å². The number of nitrogens with one attached hydrogen (secondary N) is 1. The van der Waals surface area contributed by atoms with Crippen molar-refractivity contribution in [2.75, 3.05) is 6.54 Å². The van der Waals surface area contributed by atoms with E-state index in [2.05, 4.69) is 10.3 Å². The largest absolute Gasteiger partial charge is 0.391 e. The number of hydrogen-bond acceptors (Lipinski definition) is 3. The highest BCUT2D eigenvalue weighted by Gasteiger charge is 2.05. The summed E-state index contributed by atoms with van der Waals surface area (Å²) in [6, 6.07) is 3.60. The molecule has 0 radical (unpaired) electrons. The second-order valence-electron chi connectivity index (χ2n) is 3.40. The fourth-order valence-electron chi connectivity index (χ4n) is 1.12. The molecule has 0 bridgehead atoms. The number of aliphatic hydroxyl groups excluding tert-OH is 1. The third-order valence-electron chi connectivity index (χ3n) is 2.12. The van der Waals surface area contributed by atoms with Gasteiger partial charge in [-0.15, -0.1) is 0 Å². The van der Waals surface area contributed by atoms with Crippen LogP contribution >= 0.6 is 0 Å². The predicted molar refractivity (Wildman–Crippen MR) is 57.2 cm³/mol. The monoisotopic (exact) mass is 208 g/mol. The highest BCUT2D eigenvalue weighted by Crippen LogP contribution is 1.97. The molecule has 1 amide bonds. The van der Waals surface area contributed by atoms with Gasteiger partial charge in [0.25, 0.3) is 0 Å². The molecule has 0 aromatic carbocycles. The van der Waals surface area contributed by atoms with Crippen LogP contribution in [0.5, 0.6) is 0 Å². The van der Waals surface area contributed by atoms with Crippen molar-refractivity contribution in [2.24, 2.45) is 0 Å². The Morgan fingerprint density at radius 3 is 2.80 bits per heavy atom. The summed E-state index contributed by atoms with van der Waals surface area (Å²) in [5, 5.41) is 11.9. The molecule has 0 fully saturated rings. The number of hydrogen-bond donors (Lipinski definition) is 2. The SMILES string of the molecule is CCC(O)CNC(=O)Cc1ccncc1. The van der Waals surface area contributed by atoms with Gasteiger partial charge in [0.1, 0.15) is 0 Å². The molecule has 2 N–H and O–H groups in total. The lowest BCUT2D eigenvalue weighted by Gasteiger charge is -2.09. The lowest BCUT2D eigenvalue weighted by Crippen LogP contribution is -2.32. The fourth-order valence-corrected chi connectivity index (χ4v) is 1.12. The zero-order chi connectivity index (χ0) is 11.1. The van der Waals surface area contributed by atoms with E-state index in [9.17, 15) is 9.90 Å². The van der Waals surface area contributed by atoms with Crippen molar-refractivity contribution < 1.29 is 9.90 Å². The Bertz CT molecular complexity index is 301. The summed E-state index contributed by atoms with van der Waals surface area (Å²) in [6.45, 7) is 2.19. The van der Waals surface area contributed by atoms with Crippen LogP contribution in [0.2, 0.25) is 0 Å². The molecule has 82 valence electrons. The van der Waals surface area contributed by atoms with Gasteiger partial charge in [0.2, 0.25) is 5.91 Å². The van der Waals surface area contributed by atoms with Gasteiger partial charge < -0.3 is 10.4 Å². The highest BCUT2D eigenvalue weighted by molar-refractivity contribution is 5.78. The first-order valence-electron chi connectivity index (χ1n) is 5.06. The van der Waals surface area contributed by atoms with Crippen LogP contribution in [-0.4, -0.2) is 28.6 Å². The Kier molecular flexibility index (Phi) is 4.77. The van der Waals surface area contributed by atoms with E-state index >= 15 is 0 Å². The normalized spacial score (nSPS) is 12.1. The molecule has 0 saturated heterocycles. The van der Waals surface area contributed by atoms with Crippen LogP contribution in [-0.2, 0) is 11.2 Å². The first-order chi connectivity index (χ1) is 7.22. The van der Waals surface area contributed by atoms with E-state index in [0.29, 0.717) is 19.4 Å². The number of amides is 1. The minimum Gasteiger partial charge on any atom is -0.391 e. The Labute approximate surface area is 89.3 Å². The van der Waals surface area contributed by atoms with Crippen LogP contribution in [0.25, 0.3) is 0 Å². The number of carbonyl (C=O) groups is 1. The summed E-state index contributed by atoms with van der Waals surface area (Å²) in [5.41, 5.74) is 0.925. The Morgan fingerprint density at radius 2 is 2.20 bits per heavy atom.